The van der Waals surface area contributed by atoms with E-state index in [0.29, 0.717) is 0 Å². The summed E-state index contributed by atoms with van der Waals surface area (Å²) in [6.07, 6.45) is -0.304. The SMILES string of the molecule is CCOP(=O)(OCC)OC(CCF)P(=O)(OCC)OCC. The number of hydrogen-bond donors (Lipinski definition) is 0. The van der Waals surface area contributed by atoms with Crippen molar-refractivity contribution in [1.29, 1.82) is 0 Å². The fourth-order valence-electron chi connectivity index (χ4n) is 1.49. The van der Waals surface area contributed by atoms with E-state index in [4.69, 9.17) is 22.6 Å². The zero-order valence-corrected chi connectivity index (χ0v) is 14.7. The number of phosphoric acid groups is 1. The van der Waals surface area contributed by atoms with Crippen LogP contribution in [0.4, 0.5) is 4.39 Å². The average molecular weight is 350 g/mol. The predicted molar refractivity (Wildman–Crippen MR) is 77.2 cm³/mol. The molecule has 0 amide bonds. The van der Waals surface area contributed by atoms with Crippen molar-refractivity contribution in [1.82, 2.24) is 0 Å². The highest BCUT2D eigenvalue weighted by Crippen LogP contribution is 2.61. The summed E-state index contributed by atoms with van der Waals surface area (Å²) in [5, 5.41) is 0. The van der Waals surface area contributed by atoms with Crippen molar-refractivity contribution in [2.75, 3.05) is 33.1 Å². The number of alkyl halides is 1. The lowest BCUT2D eigenvalue weighted by Crippen LogP contribution is -2.18. The highest BCUT2D eigenvalue weighted by atomic mass is 31.2. The first-order valence-electron chi connectivity index (χ1n) is 6.93. The lowest BCUT2D eigenvalue weighted by atomic mass is 10.5. The van der Waals surface area contributed by atoms with Gasteiger partial charge in [0.2, 0.25) is 0 Å². The van der Waals surface area contributed by atoms with Crippen LogP contribution in [0.3, 0.4) is 0 Å². The van der Waals surface area contributed by atoms with Crippen LogP contribution in [0.25, 0.3) is 0 Å². The van der Waals surface area contributed by atoms with Gasteiger partial charge in [-0.25, -0.2) is 4.57 Å². The van der Waals surface area contributed by atoms with Gasteiger partial charge in [-0.1, -0.05) is 0 Å². The maximum atomic E-state index is 12.7. The Labute approximate surface area is 125 Å². The van der Waals surface area contributed by atoms with Crippen molar-refractivity contribution in [3.63, 3.8) is 0 Å². The molecule has 0 saturated heterocycles. The molecule has 0 aromatic rings. The molecule has 10 heteroatoms. The van der Waals surface area contributed by atoms with Gasteiger partial charge in [0.05, 0.1) is 33.1 Å². The third-order valence-corrected chi connectivity index (χ3v) is 6.29. The first kappa shape index (κ1) is 21.2. The summed E-state index contributed by atoms with van der Waals surface area (Å²) in [5.41, 5.74) is 0. The van der Waals surface area contributed by atoms with Crippen LogP contribution in [-0.2, 0) is 31.7 Å². The monoisotopic (exact) mass is 350 g/mol. The number of phosphoric ester groups is 1. The molecule has 0 aliphatic carbocycles. The molecule has 0 spiro atoms. The van der Waals surface area contributed by atoms with Gasteiger partial charge in [-0.2, -0.15) is 0 Å². The Balaban J connectivity index is 5.25. The predicted octanol–water partition coefficient (Wildman–Crippen LogP) is 4.14. The summed E-state index contributed by atoms with van der Waals surface area (Å²) in [6.45, 7) is 5.88. The van der Waals surface area contributed by atoms with Crippen molar-refractivity contribution < 1.29 is 36.1 Å². The first-order chi connectivity index (χ1) is 9.91. The van der Waals surface area contributed by atoms with Crippen LogP contribution in [0, 0.1) is 0 Å². The fraction of sp³-hybridized carbons (Fsp3) is 1.00. The Kier molecular flexibility index (Phi) is 10.9. The van der Waals surface area contributed by atoms with E-state index < -0.39 is 27.9 Å². The quantitative estimate of drug-likeness (QED) is 0.462. The van der Waals surface area contributed by atoms with Crippen LogP contribution in [0.2, 0.25) is 0 Å². The molecule has 0 rings (SSSR count). The Morgan fingerprint density at radius 2 is 1.29 bits per heavy atom. The van der Waals surface area contributed by atoms with Crippen LogP contribution in [0.5, 0.6) is 0 Å². The molecule has 0 aromatic heterocycles. The molecule has 21 heavy (non-hydrogen) atoms. The largest absolute Gasteiger partial charge is 0.475 e. The topological polar surface area (TPSA) is 80.3 Å². The second kappa shape index (κ2) is 10.8. The summed E-state index contributed by atoms with van der Waals surface area (Å²) >= 11 is 0. The summed E-state index contributed by atoms with van der Waals surface area (Å²) in [4.78, 5) is 0. The summed E-state index contributed by atoms with van der Waals surface area (Å²) < 4.78 is 63.0. The molecule has 0 radical (unpaired) electrons. The second-order valence-electron chi connectivity index (χ2n) is 3.70. The van der Waals surface area contributed by atoms with E-state index in [1.807, 2.05) is 0 Å². The molecule has 0 fully saturated rings. The van der Waals surface area contributed by atoms with Gasteiger partial charge in [-0.05, 0) is 27.7 Å². The van der Waals surface area contributed by atoms with Gasteiger partial charge in [0.15, 0.2) is 5.85 Å². The summed E-state index contributed by atoms with van der Waals surface area (Å²) in [7, 11) is -7.73. The van der Waals surface area contributed by atoms with Gasteiger partial charge in [-0.15, -0.1) is 0 Å². The lowest BCUT2D eigenvalue weighted by molar-refractivity contribution is 0.0837. The molecule has 0 aromatic carbocycles. The Morgan fingerprint density at radius 3 is 1.62 bits per heavy atom. The Hall–Kier alpha value is 0.190. The Morgan fingerprint density at radius 1 is 0.857 bits per heavy atom. The first-order valence-corrected chi connectivity index (χ1v) is 10.0. The van der Waals surface area contributed by atoms with Gasteiger partial charge in [0.25, 0.3) is 0 Å². The van der Waals surface area contributed by atoms with E-state index in [1.54, 1.807) is 27.7 Å². The van der Waals surface area contributed by atoms with Gasteiger partial charge in [0, 0.05) is 6.42 Å². The van der Waals surface area contributed by atoms with Crippen LogP contribution in [-0.4, -0.2) is 38.9 Å². The zero-order valence-electron chi connectivity index (χ0n) is 13.0. The van der Waals surface area contributed by atoms with Crippen LogP contribution in [0.1, 0.15) is 34.1 Å². The van der Waals surface area contributed by atoms with Crippen molar-refractivity contribution in [3.8, 4) is 0 Å². The molecule has 0 aliphatic rings. The average Bonchev–Trinajstić information content (AvgIpc) is 2.39. The molecule has 0 saturated carbocycles. The molecule has 128 valence electrons. The molecule has 0 N–H and O–H groups in total. The Bertz CT molecular complexity index is 346. The maximum absolute atomic E-state index is 12.7. The van der Waals surface area contributed by atoms with Crippen molar-refractivity contribution >= 4 is 15.4 Å². The lowest BCUT2D eigenvalue weighted by Gasteiger charge is -2.28. The third kappa shape index (κ3) is 7.33. The molecule has 1 atom stereocenters. The second-order valence-corrected chi connectivity index (χ2v) is 7.49. The third-order valence-electron chi connectivity index (χ3n) is 2.15. The summed E-state index contributed by atoms with van der Waals surface area (Å²) in [5.74, 6) is -1.36. The van der Waals surface area contributed by atoms with Crippen LogP contribution < -0.4 is 0 Å². The van der Waals surface area contributed by atoms with Gasteiger partial charge < -0.3 is 9.05 Å². The van der Waals surface area contributed by atoms with Crippen molar-refractivity contribution in [2.45, 2.75) is 40.0 Å². The van der Waals surface area contributed by atoms with Crippen molar-refractivity contribution in [2.24, 2.45) is 0 Å². The number of hydrogen-bond acceptors (Lipinski definition) is 7. The van der Waals surface area contributed by atoms with E-state index in [0.717, 1.165) is 0 Å². The zero-order chi connectivity index (χ0) is 16.4. The van der Waals surface area contributed by atoms with E-state index in [9.17, 15) is 13.5 Å². The van der Waals surface area contributed by atoms with Gasteiger partial charge in [0.1, 0.15) is 0 Å². The van der Waals surface area contributed by atoms with Gasteiger partial charge >= 0.3 is 15.4 Å². The fourth-order valence-corrected chi connectivity index (χ4v) is 5.07. The number of rotatable bonds is 13. The normalized spacial score (nSPS) is 14.3. The van der Waals surface area contributed by atoms with E-state index in [2.05, 4.69) is 0 Å². The van der Waals surface area contributed by atoms with E-state index in [-0.39, 0.29) is 32.8 Å². The molecular weight excluding hydrogens is 325 g/mol. The molecule has 0 heterocycles. The smallest absolute Gasteiger partial charge is 0.307 e. The molecule has 1 unspecified atom stereocenters. The standard InChI is InChI=1S/C11H25FO7P2/c1-5-15-20(13,16-6-2)11(9-10-12)19-21(14,17-7-3)18-8-4/h11H,5-10H2,1-4H3. The minimum atomic E-state index is -3.95. The molecular formula is C11H25FO7P2. The van der Waals surface area contributed by atoms with Gasteiger partial charge in [-0.3, -0.25) is 22.5 Å². The molecule has 0 aliphatic heterocycles. The van der Waals surface area contributed by atoms with E-state index >= 15 is 0 Å². The highest BCUT2D eigenvalue weighted by molar-refractivity contribution is 7.55. The highest BCUT2D eigenvalue weighted by Gasteiger charge is 2.42. The summed E-state index contributed by atoms with van der Waals surface area (Å²) in [6, 6.07) is 0. The van der Waals surface area contributed by atoms with Crippen molar-refractivity contribution in [3.05, 3.63) is 0 Å². The van der Waals surface area contributed by atoms with E-state index in [1.165, 1.54) is 0 Å². The maximum Gasteiger partial charge on any atom is 0.475 e. The number of halogens is 1. The minimum Gasteiger partial charge on any atom is -0.307 e. The van der Waals surface area contributed by atoms with Crippen LogP contribution in [0.15, 0.2) is 0 Å². The minimum absolute atomic E-state index is 0.0627. The molecule has 0 bridgehead atoms. The van der Waals surface area contributed by atoms with Crippen LogP contribution >= 0.6 is 15.4 Å². The molecule has 7 nitrogen and oxygen atoms in total.